The first-order valence-corrected chi connectivity index (χ1v) is 6.36. The molecule has 1 saturated heterocycles. The zero-order valence-corrected chi connectivity index (χ0v) is 10.7. The molecule has 1 unspecified atom stereocenters. The highest BCUT2D eigenvalue weighted by Gasteiger charge is 2.20. The molecule has 0 radical (unpaired) electrons. The molecule has 98 valence electrons. The van der Waals surface area contributed by atoms with Gasteiger partial charge in [-0.2, -0.15) is 0 Å². The number of carboxylic acids is 1. The second-order valence-electron chi connectivity index (χ2n) is 4.93. The van der Waals surface area contributed by atoms with Gasteiger partial charge in [0.25, 0.3) is 0 Å². The number of hydrogen-bond donors (Lipinski definition) is 1. The Morgan fingerprint density at radius 2 is 2.33 bits per heavy atom. The molecule has 1 aromatic rings. The molecule has 1 aliphatic rings. The Kier molecular flexibility index (Phi) is 4.25. The summed E-state index contributed by atoms with van der Waals surface area (Å²) in [4.78, 5) is 21.5. The number of aryl methyl sites for hydroxylation is 1. The average Bonchev–Trinajstić information content (AvgIpc) is 2.37. The predicted molar refractivity (Wildman–Crippen MR) is 67.5 cm³/mol. The van der Waals surface area contributed by atoms with Crippen LogP contribution in [0, 0.1) is 0 Å². The molecule has 0 aromatic carbocycles. The highest BCUT2D eigenvalue weighted by molar-refractivity contribution is 5.66. The number of hydrogen-bond acceptors (Lipinski definition) is 4. The van der Waals surface area contributed by atoms with Gasteiger partial charge in [0.05, 0.1) is 17.8 Å². The highest BCUT2D eigenvalue weighted by Crippen LogP contribution is 2.24. The topological polar surface area (TPSA) is 66.3 Å². The maximum Gasteiger partial charge on any atom is 0.303 e. The van der Waals surface area contributed by atoms with Gasteiger partial charge >= 0.3 is 5.97 Å². The van der Waals surface area contributed by atoms with E-state index in [1.54, 1.807) is 12.4 Å². The van der Waals surface area contributed by atoms with Crippen LogP contribution < -0.4 is 0 Å². The lowest BCUT2D eigenvalue weighted by molar-refractivity contribution is -0.136. The molecule has 0 saturated carbocycles. The smallest absolute Gasteiger partial charge is 0.303 e. The minimum atomic E-state index is -0.796. The van der Waals surface area contributed by atoms with Gasteiger partial charge in [-0.15, -0.1) is 0 Å². The van der Waals surface area contributed by atoms with Crippen molar-refractivity contribution in [3.63, 3.8) is 0 Å². The maximum absolute atomic E-state index is 10.5. The number of piperidine rings is 1. The molecule has 0 bridgehead atoms. The van der Waals surface area contributed by atoms with Gasteiger partial charge in [0, 0.05) is 31.3 Å². The van der Waals surface area contributed by atoms with E-state index in [1.807, 2.05) is 0 Å². The molecule has 1 atom stereocenters. The molecule has 0 spiro atoms. The second-order valence-corrected chi connectivity index (χ2v) is 4.93. The van der Waals surface area contributed by atoms with Crippen LogP contribution in [-0.2, 0) is 11.2 Å². The van der Waals surface area contributed by atoms with Crippen LogP contribution in [0.3, 0.4) is 0 Å². The van der Waals surface area contributed by atoms with Crippen LogP contribution in [0.5, 0.6) is 0 Å². The molecular formula is C13H19N3O2. The Morgan fingerprint density at radius 3 is 2.94 bits per heavy atom. The van der Waals surface area contributed by atoms with Crippen molar-refractivity contribution in [1.29, 1.82) is 0 Å². The van der Waals surface area contributed by atoms with Crippen molar-refractivity contribution in [1.82, 2.24) is 14.9 Å². The minimum absolute atomic E-state index is 0.111. The van der Waals surface area contributed by atoms with Crippen molar-refractivity contribution in [2.45, 2.75) is 31.6 Å². The third kappa shape index (κ3) is 3.50. The lowest BCUT2D eigenvalue weighted by Gasteiger charge is -2.29. The van der Waals surface area contributed by atoms with Crippen molar-refractivity contribution in [2.24, 2.45) is 0 Å². The number of likely N-dealkylation sites (tertiary alicyclic amines) is 1. The summed E-state index contributed by atoms with van der Waals surface area (Å²) in [7, 11) is 2.13. The van der Waals surface area contributed by atoms with Crippen molar-refractivity contribution < 1.29 is 9.90 Å². The number of aromatic nitrogens is 2. The van der Waals surface area contributed by atoms with Crippen molar-refractivity contribution in [2.75, 3.05) is 20.1 Å². The molecule has 1 aromatic heterocycles. The Hall–Kier alpha value is -1.49. The number of carbonyl (C=O) groups is 1. The average molecular weight is 249 g/mol. The van der Waals surface area contributed by atoms with Crippen LogP contribution in [0.4, 0.5) is 0 Å². The van der Waals surface area contributed by atoms with E-state index in [4.69, 9.17) is 5.11 Å². The van der Waals surface area contributed by atoms with Gasteiger partial charge in [-0.1, -0.05) is 0 Å². The number of aliphatic carboxylic acids is 1. The Morgan fingerprint density at radius 1 is 1.50 bits per heavy atom. The van der Waals surface area contributed by atoms with Crippen LogP contribution in [0.15, 0.2) is 12.4 Å². The van der Waals surface area contributed by atoms with E-state index in [1.165, 1.54) is 6.42 Å². The van der Waals surface area contributed by atoms with Crippen molar-refractivity contribution >= 4 is 5.97 Å². The normalized spacial score (nSPS) is 20.8. The molecular weight excluding hydrogens is 230 g/mol. The highest BCUT2D eigenvalue weighted by atomic mass is 16.4. The van der Waals surface area contributed by atoms with Crippen LogP contribution >= 0.6 is 0 Å². The SMILES string of the molecule is CN1CCCC(c2cnc(CCC(=O)O)cn2)C1. The number of nitrogens with zero attached hydrogens (tertiary/aromatic N) is 3. The zero-order chi connectivity index (χ0) is 13.0. The van der Waals surface area contributed by atoms with Crippen LogP contribution in [0.1, 0.15) is 36.6 Å². The van der Waals surface area contributed by atoms with Crippen molar-refractivity contribution in [3.8, 4) is 0 Å². The number of rotatable bonds is 4. The third-order valence-corrected chi connectivity index (χ3v) is 3.36. The zero-order valence-electron chi connectivity index (χ0n) is 10.7. The Balaban J connectivity index is 1.96. The van der Waals surface area contributed by atoms with E-state index in [9.17, 15) is 4.79 Å². The van der Waals surface area contributed by atoms with E-state index in [0.717, 1.165) is 30.9 Å². The van der Waals surface area contributed by atoms with Gasteiger partial charge in [0.1, 0.15) is 0 Å². The lowest BCUT2D eigenvalue weighted by atomic mass is 9.95. The molecule has 2 heterocycles. The monoisotopic (exact) mass is 249 g/mol. The quantitative estimate of drug-likeness (QED) is 0.871. The number of likely N-dealkylation sites (N-methyl/N-ethyl adjacent to an activating group) is 1. The van der Waals surface area contributed by atoms with Crippen LogP contribution in [-0.4, -0.2) is 46.1 Å². The van der Waals surface area contributed by atoms with Gasteiger partial charge in [-0.3, -0.25) is 14.8 Å². The molecule has 1 fully saturated rings. The van der Waals surface area contributed by atoms with Gasteiger partial charge in [-0.25, -0.2) is 0 Å². The molecule has 2 rings (SSSR count). The fourth-order valence-corrected chi connectivity index (χ4v) is 2.35. The summed E-state index contributed by atoms with van der Waals surface area (Å²) >= 11 is 0. The molecule has 1 aliphatic heterocycles. The fourth-order valence-electron chi connectivity index (χ4n) is 2.35. The largest absolute Gasteiger partial charge is 0.481 e. The Labute approximate surface area is 107 Å². The molecule has 5 heteroatoms. The third-order valence-electron chi connectivity index (χ3n) is 3.36. The van der Waals surface area contributed by atoms with Gasteiger partial charge < -0.3 is 10.0 Å². The number of carboxylic acid groups (broad SMARTS) is 1. The second kappa shape index (κ2) is 5.91. The first-order valence-electron chi connectivity index (χ1n) is 6.36. The van der Waals surface area contributed by atoms with Crippen LogP contribution in [0.25, 0.3) is 0 Å². The molecule has 1 N–H and O–H groups in total. The standard InChI is InChI=1S/C13H19N3O2/c1-16-6-2-3-10(9-16)12-8-14-11(7-15-12)4-5-13(17)18/h7-8,10H,2-6,9H2,1H3,(H,17,18). The summed E-state index contributed by atoms with van der Waals surface area (Å²) in [5.74, 6) is -0.334. The molecule has 0 aliphatic carbocycles. The van der Waals surface area contributed by atoms with E-state index >= 15 is 0 Å². The van der Waals surface area contributed by atoms with E-state index in [2.05, 4.69) is 21.9 Å². The molecule has 18 heavy (non-hydrogen) atoms. The van der Waals surface area contributed by atoms with E-state index < -0.39 is 5.97 Å². The summed E-state index contributed by atoms with van der Waals surface area (Å²) in [6.45, 7) is 2.18. The summed E-state index contributed by atoms with van der Waals surface area (Å²) < 4.78 is 0. The Bertz CT molecular complexity index is 405. The first-order chi connectivity index (χ1) is 8.65. The van der Waals surface area contributed by atoms with Gasteiger partial charge in [0.2, 0.25) is 0 Å². The first kappa shape index (κ1) is 13.0. The fraction of sp³-hybridized carbons (Fsp3) is 0.615. The van der Waals surface area contributed by atoms with Crippen LogP contribution in [0.2, 0.25) is 0 Å². The summed E-state index contributed by atoms with van der Waals surface area (Å²) in [5, 5.41) is 8.61. The summed E-state index contributed by atoms with van der Waals surface area (Å²) in [5.41, 5.74) is 1.78. The molecule has 5 nitrogen and oxygen atoms in total. The maximum atomic E-state index is 10.5. The summed E-state index contributed by atoms with van der Waals surface area (Å²) in [6.07, 6.45) is 6.44. The minimum Gasteiger partial charge on any atom is -0.481 e. The summed E-state index contributed by atoms with van der Waals surface area (Å²) in [6, 6.07) is 0. The van der Waals surface area contributed by atoms with E-state index in [-0.39, 0.29) is 6.42 Å². The van der Waals surface area contributed by atoms with E-state index in [0.29, 0.717) is 12.3 Å². The lowest BCUT2D eigenvalue weighted by Crippen LogP contribution is -2.31. The predicted octanol–water partition coefficient (Wildman–Crippen LogP) is 1.30. The molecule has 0 amide bonds. The van der Waals surface area contributed by atoms with Gasteiger partial charge in [-0.05, 0) is 26.4 Å². The van der Waals surface area contributed by atoms with Gasteiger partial charge in [0.15, 0.2) is 0 Å². The van der Waals surface area contributed by atoms with Crippen molar-refractivity contribution in [3.05, 3.63) is 23.8 Å².